The first-order chi connectivity index (χ1) is 18.9. The predicted molar refractivity (Wildman–Crippen MR) is 154 cm³/mol. The Balaban J connectivity index is 0.000000145. The van der Waals surface area contributed by atoms with Crippen LogP contribution in [0.4, 0.5) is 0 Å². The van der Waals surface area contributed by atoms with E-state index in [2.05, 4.69) is 86.7 Å². The fourth-order valence-electron chi connectivity index (χ4n) is 4.99. The largest absolute Gasteiger partial charge is 0.304 e. The SMILES string of the molecule is [Ir].[c-]1ccccc1-c1nccc2ccccc12.[c-]1ccccc1-n1c2ccccc2n2c3ccccc3nc12. The number of rotatable bonds is 2. The van der Waals surface area contributed by atoms with Crippen molar-refractivity contribution in [1.82, 2.24) is 18.9 Å². The Labute approximate surface area is 239 Å². The average Bonchev–Trinajstić information content (AvgIpc) is 3.53. The second-order valence-corrected chi connectivity index (χ2v) is 8.96. The number of nitrogens with zero attached hydrogens (tertiary/aromatic N) is 4. The van der Waals surface area contributed by atoms with E-state index in [1.165, 1.54) is 10.8 Å². The van der Waals surface area contributed by atoms with Crippen LogP contribution in [0.1, 0.15) is 0 Å². The molecule has 3 heterocycles. The van der Waals surface area contributed by atoms with Crippen molar-refractivity contribution < 1.29 is 20.1 Å². The quantitative estimate of drug-likeness (QED) is 0.174. The Kier molecular flexibility index (Phi) is 6.76. The molecule has 0 aliphatic heterocycles. The van der Waals surface area contributed by atoms with Gasteiger partial charge in [0.2, 0.25) is 5.78 Å². The predicted octanol–water partition coefficient (Wildman–Crippen LogP) is 7.93. The van der Waals surface area contributed by atoms with Gasteiger partial charge in [-0.2, -0.15) is 24.3 Å². The van der Waals surface area contributed by atoms with Crippen molar-refractivity contribution in [3.8, 4) is 16.9 Å². The van der Waals surface area contributed by atoms with Crippen molar-refractivity contribution >= 4 is 38.6 Å². The molecule has 189 valence electrons. The summed E-state index contributed by atoms with van der Waals surface area (Å²) in [6.07, 6.45) is 1.85. The van der Waals surface area contributed by atoms with Gasteiger partial charge >= 0.3 is 0 Å². The second kappa shape index (κ2) is 10.7. The third kappa shape index (κ3) is 4.42. The van der Waals surface area contributed by atoms with E-state index in [1.807, 2.05) is 72.9 Å². The molecule has 0 amide bonds. The van der Waals surface area contributed by atoms with Gasteiger partial charge in [-0.05, 0) is 46.8 Å². The Morgan fingerprint density at radius 1 is 0.590 bits per heavy atom. The van der Waals surface area contributed by atoms with Gasteiger partial charge in [-0.3, -0.25) is 4.40 Å². The number of imidazole rings is 2. The summed E-state index contributed by atoms with van der Waals surface area (Å²) in [7, 11) is 0. The molecule has 0 aliphatic rings. The van der Waals surface area contributed by atoms with Crippen LogP contribution in [-0.2, 0) is 20.1 Å². The topological polar surface area (TPSA) is 35.1 Å². The van der Waals surface area contributed by atoms with Crippen LogP contribution in [0.5, 0.6) is 0 Å². The first-order valence-electron chi connectivity index (χ1n) is 12.5. The third-order valence-electron chi connectivity index (χ3n) is 6.68. The van der Waals surface area contributed by atoms with E-state index in [1.54, 1.807) is 0 Å². The van der Waals surface area contributed by atoms with Crippen LogP contribution in [0.15, 0.2) is 134 Å². The summed E-state index contributed by atoms with van der Waals surface area (Å²) in [5.41, 5.74) is 7.47. The minimum Gasteiger partial charge on any atom is -0.304 e. The first kappa shape index (κ1) is 24.7. The second-order valence-electron chi connectivity index (χ2n) is 8.96. The molecule has 0 bridgehead atoms. The fraction of sp³-hybridized carbons (Fsp3) is 0. The number of aromatic nitrogens is 4. The zero-order valence-electron chi connectivity index (χ0n) is 20.8. The van der Waals surface area contributed by atoms with Gasteiger partial charge < -0.3 is 9.55 Å². The van der Waals surface area contributed by atoms with Crippen molar-refractivity contribution in [1.29, 1.82) is 0 Å². The summed E-state index contributed by atoms with van der Waals surface area (Å²) < 4.78 is 4.38. The standard InChI is InChI=1S/C19H12N3.C15H10N.Ir/c1-2-8-14(9-3-1)21-17-12-6-7-13-18(17)22-16-11-5-4-10-15(16)20-19(21)22;1-2-7-13(8-3-1)15-14-9-5-4-6-12(14)10-11-16-15;/h1-8,10-13H;1-7,9-11H;/q2*-1;. The molecule has 39 heavy (non-hydrogen) atoms. The van der Waals surface area contributed by atoms with Crippen LogP contribution in [-0.4, -0.2) is 18.9 Å². The molecular weight excluding hydrogens is 657 g/mol. The zero-order chi connectivity index (χ0) is 25.3. The third-order valence-corrected chi connectivity index (χ3v) is 6.68. The Morgan fingerprint density at radius 3 is 2.08 bits per heavy atom. The summed E-state index contributed by atoms with van der Waals surface area (Å²) in [5.74, 6) is 0.921. The number of fused-ring (bicyclic) bond motifs is 6. The number of para-hydroxylation sites is 5. The summed E-state index contributed by atoms with van der Waals surface area (Å²) >= 11 is 0. The normalized spacial score (nSPS) is 10.9. The van der Waals surface area contributed by atoms with Gasteiger partial charge in [-0.15, -0.1) is 42.0 Å². The maximum atomic E-state index is 4.83. The fourth-order valence-corrected chi connectivity index (χ4v) is 4.99. The summed E-state index contributed by atoms with van der Waals surface area (Å²) in [4.78, 5) is 9.28. The van der Waals surface area contributed by atoms with Gasteiger partial charge in [-0.1, -0.05) is 54.2 Å². The molecule has 5 aromatic carbocycles. The molecule has 3 aromatic heterocycles. The molecule has 0 saturated carbocycles. The molecule has 0 atom stereocenters. The van der Waals surface area contributed by atoms with Crippen molar-refractivity contribution in [2.24, 2.45) is 0 Å². The molecule has 0 saturated heterocycles. The molecule has 1 radical (unpaired) electrons. The Bertz CT molecular complexity index is 2020. The first-order valence-corrected chi connectivity index (χ1v) is 12.5. The van der Waals surface area contributed by atoms with Crippen LogP contribution < -0.4 is 0 Å². The zero-order valence-corrected chi connectivity index (χ0v) is 23.2. The van der Waals surface area contributed by atoms with Crippen molar-refractivity contribution in [3.05, 3.63) is 146 Å². The number of hydrogen-bond donors (Lipinski definition) is 0. The van der Waals surface area contributed by atoms with Gasteiger partial charge in [0.05, 0.1) is 22.1 Å². The molecule has 8 rings (SSSR count). The summed E-state index contributed by atoms with van der Waals surface area (Å²) in [6, 6.07) is 49.4. The van der Waals surface area contributed by atoms with E-state index in [4.69, 9.17) is 4.98 Å². The molecule has 0 unspecified atom stereocenters. The van der Waals surface area contributed by atoms with E-state index in [0.717, 1.165) is 44.8 Å². The van der Waals surface area contributed by atoms with Crippen molar-refractivity contribution in [2.45, 2.75) is 0 Å². The van der Waals surface area contributed by atoms with Crippen molar-refractivity contribution in [2.75, 3.05) is 0 Å². The number of pyridine rings is 1. The molecule has 0 spiro atoms. The van der Waals surface area contributed by atoms with E-state index in [0.29, 0.717) is 0 Å². The van der Waals surface area contributed by atoms with E-state index in [9.17, 15) is 0 Å². The summed E-state index contributed by atoms with van der Waals surface area (Å²) in [5, 5.41) is 2.39. The average molecular weight is 679 g/mol. The van der Waals surface area contributed by atoms with E-state index in [-0.39, 0.29) is 20.1 Å². The molecule has 8 aromatic rings. The maximum absolute atomic E-state index is 4.83. The number of hydrogen-bond acceptors (Lipinski definition) is 2. The van der Waals surface area contributed by atoms with Crippen molar-refractivity contribution in [3.63, 3.8) is 0 Å². The van der Waals surface area contributed by atoms with Crippen LogP contribution in [0.2, 0.25) is 0 Å². The number of benzene rings is 5. The maximum Gasteiger partial charge on any atom is 0.218 e. The van der Waals surface area contributed by atoms with Crippen LogP contribution in [0, 0.1) is 12.1 Å². The molecule has 4 nitrogen and oxygen atoms in total. The minimum atomic E-state index is 0. The molecule has 0 fully saturated rings. The van der Waals surface area contributed by atoms with E-state index >= 15 is 0 Å². The summed E-state index contributed by atoms with van der Waals surface area (Å²) in [6.45, 7) is 0. The van der Waals surface area contributed by atoms with Crippen LogP contribution in [0.25, 0.3) is 55.6 Å². The van der Waals surface area contributed by atoms with Crippen LogP contribution >= 0.6 is 0 Å². The Morgan fingerprint density at radius 2 is 1.28 bits per heavy atom. The molecule has 0 N–H and O–H groups in total. The van der Waals surface area contributed by atoms with Gasteiger partial charge in [0, 0.05) is 26.3 Å². The van der Waals surface area contributed by atoms with Gasteiger partial charge in [-0.25, -0.2) is 4.98 Å². The molecule has 0 aliphatic carbocycles. The monoisotopic (exact) mass is 679 g/mol. The Hall–Kier alpha value is -4.57. The van der Waals surface area contributed by atoms with Gasteiger partial charge in [0.1, 0.15) is 0 Å². The van der Waals surface area contributed by atoms with Gasteiger partial charge in [0.25, 0.3) is 0 Å². The molecular formula is C34H22IrN4-2. The van der Waals surface area contributed by atoms with Gasteiger partial charge in [0.15, 0.2) is 0 Å². The van der Waals surface area contributed by atoms with E-state index < -0.39 is 0 Å². The molecule has 5 heteroatoms. The van der Waals surface area contributed by atoms with Crippen LogP contribution in [0.3, 0.4) is 0 Å². The minimum absolute atomic E-state index is 0. The smallest absolute Gasteiger partial charge is 0.218 e.